The van der Waals surface area contributed by atoms with Gasteiger partial charge in [0.1, 0.15) is 6.04 Å². The molecule has 76 valence electrons. The summed E-state index contributed by atoms with van der Waals surface area (Å²) in [5.74, 6) is 0.307. The second-order valence-corrected chi connectivity index (χ2v) is 4.14. The number of rotatable bonds is 3. The lowest BCUT2D eigenvalue weighted by atomic mass is 9.78. The van der Waals surface area contributed by atoms with Gasteiger partial charge in [-0.1, -0.05) is 19.8 Å². The predicted molar refractivity (Wildman–Crippen MR) is 51.6 cm³/mol. The zero-order chi connectivity index (χ0) is 9.84. The quantitative estimate of drug-likeness (QED) is 0.700. The molecule has 0 spiro atoms. The van der Waals surface area contributed by atoms with E-state index in [0.29, 0.717) is 11.8 Å². The van der Waals surface area contributed by atoms with E-state index < -0.39 is 5.97 Å². The highest BCUT2D eigenvalue weighted by Gasteiger charge is 2.29. The standard InChI is InChI=1S/C10H19NO2/c1-7-4-3-5-8(6-7)9(11-2)10(12)13/h7-9,11H,3-6H2,1-2H3,(H,12,13). The first-order valence-electron chi connectivity index (χ1n) is 5.05. The van der Waals surface area contributed by atoms with Crippen LogP contribution < -0.4 is 5.32 Å². The molecule has 3 heteroatoms. The van der Waals surface area contributed by atoms with Crippen LogP contribution in [0.3, 0.4) is 0 Å². The molecule has 0 saturated heterocycles. The van der Waals surface area contributed by atoms with Crippen molar-refractivity contribution in [3.8, 4) is 0 Å². The summed E-state index contributed by atoms with van der Waals surface area (Å²) in [6.45, 7) is 2.21. The normalized spacial score (nSPS) is 31.2. The Morgan fingerprint density at radius 3 is 2.69 bits per heavy atom. The van der Waals surface area contributed by atoms with Crippen LogP contribution in [0.4, 0.5) is 0 Å². The van der Waals surface area contributed by atoms with E-state index in [1.807, 2.05) is 0 Å². The Morgan fingerprint density at radius 1 is 1.54 bits per heavy atom. The maximum absolute atomic E-state index is 10.9. The molecule has 0 aromatic rings. The van der Waals surface area contributed by atoms with Crippen molar-refractivity contribution in [1.29, 1.82) is 0 Å². The van der Waals surface area contributed by atoms with Crippen LogP contribution in [0.25, 0.3) is 0 Å². The Bertz CT molecular complexity index is 182. The van der Waals surface area contributed by atoms with Gasteiger partial charge >= 0.3 is 5.97 Å². The predicted octanol–water partition coefficient (Wildman–Crippen LogP) is 1.49. The molecule has 0 heterocycles. The molecule has 3 unspecified atom stereocenters. The molecule has 1 aliphatic rings. The molecule has 0 bridgehead atoms. The Balaban J connectivity index is 2.52. The van der Waals surface area contributed by atoms with Crippen LogP contribution in [0.1, 0.15) is 32.6 Å². The maximum atomic E-state index is 10.9. The molecule has 0 aromatic carbocycles. The second kappa shape index (κ2) is 4.61. The van der Waals surface area contributed by atoms with Gasteiger partial charge in [0, 0.05) is 0 Å². The zero-order valence-electron chi connectivity index (χ0n) is 8.42. The average molecular weight is 185 g/mol. The van der Waals surface area contributed by atoms with Crippen LogP contribution in [0.2, 0.25) is 0 Å². The van der Waals surface area contributed by atoms with Gasteiger partial charge in [-0.05, 0) is 31.7 Å². The van der Waals surface area contributed by atoms with Gasteiger partial charge in [0.25, 0.3) is 0 Å². The van der Waals surface area contributed by atoms with Crippen molar-refractivity contribution in [2.45, 2.75) is 38.6 Å². The first-order valence-corrected chi connectivity index (χ1v) is 5.05. The van der Waals surface area contributed by atoms with E-state index in [2.05, 4.69) is 12.2 Å². The average Bonchev–Trinajstić information content (AvgIpc) is 2.04. The highest BCUT2D eigenvalue weighted by molar-refractivity contribution is 5.73. The summed E-state index contributed by atoms with van der Waals surface area (Å²) in [5.41, 5.74) is 0. The van der Waals surface area contributed by atoms with Crippen molar-refractivity contribution in [1.82, 2.24) is 5.32 Å². The van der Waals surface area contributed by atoms with Crippen LogP contribution >= 0.6 is 0 Å². The minimum atomic E-state index is -0.707. The summed E-state index contributed by atoms with van der Waals surface area (Å²) in [5, 5.41) is 11.8. The summed E-state index contributed by atoms with van der Waals surface area (Å²) in [6.07, 6.45) is 4.55. The summed E-state index contributed by atoms with van der Waals surface area (Å²) < 4.78 is 0. The smallest absolute Gasteiger partial charge is 0.320 e. The van der Waals surface area contributed by atoms with Crippen molar-refractivity contribution >= 4 is 5.97 Å². The Labute approximate surface area is 79.5 Å². The van der Waals surface area contributed by atoms with Gasteiger partial charge in [-0.25, -0.2) is 0 Å². The van der Waals surface area contributed by atoms with Crippen molar-refractivity contribution in [3.05, 3.63) is 0 Å². The van der Waals surface area contributed by atoms with Crippen molar-refractivity contribution in [3.63, 3.8) is 0 Å². The molecule has 1 rings (SSSR count). The molecule has 2 N–H and O–H groups in total. The van der Waals surface area contributed by atoms with Gasteiger partial charge in [0.15, 0.2) is 0 Å². The van der Waals surface area contributed by atoms with E-state index in [1.54, 1.807) is 7.05 Å². The van der Waals surface area contributed by atoms with Gasteiger partial charge in [0.05, 0.1) is 0 Å². The molecular formula is C10H19NO2. The third-order valence-electron chi connectivity index (χ3n) is 3.03. The summed E-state index contributed by atoms with van der Waals surface area (Å²) in [6, 6.07) is -0.345. The van der Waals surface area contributed by atoms with Crippen molar-refractivity contribution in [2.24, 2.45) is 11.8 Å². The lowest BCUT2D eigenvalue weighted by Crippen LogP contribution is -2.42. The molecule has 0 aliphatic heterocycles. The van der Waals surface area contributed by atoms with Gasteiger partial charge in [-0.2, -0.15) is 0 Å². The Hall–Kier alpha value is -0.570. The van der Waals surface area contributed by atoms with Gasteiger partial charge in [0.2, 0.25) is 0 Å². The van der Waals surface area contributed by atoms with Gasteiger partial charge in [-0.3, -0.25) is 4.79 Å². The number of carbonyl (C=O) groups is 1. The molecule has 3 atom stereocenters. The number of hydrogen-bond donors (Lipinski definition) is 2. The van der Waals surface area contributed by atoms with Crippen LogP contribution in [-0.2, 0) is 4.79 Å². The lowest BCUT2D eigenvalue weighted by molar-refractivity contribution is -0.141. The first kappa shape index (κ1) is 10.5. The number of carboxylic acids is 1. The fourth-order valence-electron chi connectivity index (χ4n) is 2.34. The maximum Gasteiger partial charge on any atom is 0.320 e. The highest BCUT2D eigenvalue weighted by atomic mass is 16.4. The summed E-state index contributed by atoms with van der Waals surface area (Å²) >= 11 is 0. The Morgan fingerprint density at radius 2 is 2.23 bits per heavy atom. The topological polar surface area (TPSA) is 49.3 Å². The molecule has 3 nitrogen and oxygen atoms in total. The van der Waals surface area contributed by atoms with E-state index in [4.69, 9.17) is 5.11 Å². The Kier molecular flexibility index (Phi) is 3.72. The van der Waals surface area contributed by atoms with E-state index >= 15 is 0 Å². The van der Waals surface area contributed by atoms with Crippen LogP contribution in [-0.4, -0.2) is 24.2 Å². The second-order valence-electron chi connectivity index (χ2n) is 4.14. The number of aliphatic carboxylic acids is 1. The fourth-order valence-corrected chi connectivity index (χ4v) is 2.34. The van der Waals surface area contributed by atoms with Crippen LogP contribution in [0.5, 0.6) is 0 Å². The highest BCUT2D eigenvalue weighted by Crippen LogP contribution is 2.30. The molecule has 0 aromatic heterocycles. The molecule has 0 amide bonds. The molecule has 1 saturated carbocycles. The van der Waals surface area contributed by atoms with Crippen molar-refractivity contribution < 1.29 is 9.90 Å². The van der Waals surface area contributed by atoms with Gasteiger partial charge in [-0.15, -0.1) is 0 Å². The third kappa shape index (κ3) is 2.69. The number of likely N-dealkylation sites (N-methyl/N-ethyl adjacent to an activating group) is 1. The summed E-state index contributed by atoms with van der Waals surface area (Å²) in [4.78, 5) is 10.9. The minimum absolute atomic E-state index is 0.325. The minimum Gasteiger partial charge on any atom is -0.480 e. The third-order valence-corrected chi connectivity index (χ3v) is 3.03. The molecule has 0 radical (unpaired) electrons. The fraction of sp³-hybridized carbons (Fsp3) is 0.900. The molecule has 1 fully saturated rings. The zero-order valence-corrected chi connectivity index (χ0v) is 8.42. The largest absolute Gasteiger partial charge is 0.480 e. The van der Waals surface area contributed by atoms with E-state index in [9.17, 15) is 4.79 Å². The number of nitrogens with one attached hydrogen (secondary N) is 1. The lowest BCUT2D eigenvalue weighted by Gasteiger charge is -2.30. The number of carboxylic acid groups (broad SMARTS) is 1. The molecular weight excluding hydrogens is 166 g/mol. The number of hydrogen-bond acceptors (Lipinski definition) is 2. The SMILES string of the molecule is CNC(C(=O)O)C1CCCC(C)C1. The first-order chi connectivity index (χ1) is 6.15. The van der Waals surface area contributed by atoms with E-state index in [0.717, 1.165) is 12.8 Å². The molecule has 1 aliphatic carbocycles. The van der Waals surface area contributed by atoms with E-state index in [1.165, 1.54) is 12.8 Å². The summed E-state index contributed by atoms with van der Waals surface area (Å²) in [7, 11) is 1.73. The van der Waals surface area contributed by atoms with E-state index in [-0.39, 0.29) is 6.04 Å². The van der Waals surface area contributed by atoms with Crippen LogP contribution in [0, 0.1) is 11.8 Å². The monoisotopic (exact) mass is 185 g/mol. The van der Waals surface area contributed by atoms with Gasteiger partial charge < -0.3 is 10.4 Å². The molecule has 13 heavy (non-hydrogen) atoms. The van der Waals surface area contributed by atoms with Crippen molar-refractivity contribution in [2.75, 3.05) is 7.05 Å². The van der Waals surface area contributed by atoms with Crippen LogP contribution in [0.15, 0.2) is 0 Å².